The number of carbonyl (C=O) groups excluding carboxylic acids is 1. The molecule has 2 bridgehead atoms. The Labute approximate surface area is 233 Å². The fourth-order valence-electron chi connectivity index (χ4n) is 6.62. The van der Waals surface area contributed by atoms with Crippen molar-refractivity contribution < 1.29 is 24.5 Å². The number of hydrogen-bond acceptors (Lipinski definition) is 5. The van der Waals surface area contributed by atoms with Gasteiger partial charge in [-0.15, -0.1) is 0 Å². The first-order valence-corrected chi connectivity index (χ1v) is 14.0. The molecule has 0 radical (unpaired) electrons. The van der Waals surface area contributed by atoms with Gasteiger partial charge in [-0.1, -0.05) is 54.1 Å². The Balaban J connectivity index is 1.29. The van der Waals surface area contributed by atoms with E-state index >= 15 is 0 Å². The minimum Gasteiger partial charge on any atom is -0.509 e. The quantitative estimate of drug-likeness (QED) is 0.202. The molecule has 8 heteroatoms. The number of carboxylic acids is 1. The lowest BCUT2D eigenvalue weighted by Crippen LogP contribution is -2.46. The number of halogens is 1. The van der Waals surface area contributed by atoms with Crippen LogP contribution in [0.1, 0.15) is 88.0 Å². The second kappa shape index (κ2) is 10.0. The van der Waals surface area contributed by atoms with E-state index in [9.17, 15) is 19.8 Å². The van der Waals surface area contributed by atoms with Gasteiger partial charge in [0.25, 0.3) is 0 Å². The number of ether oxygens (including phenoxy) is 1. The third-order valence-corrected chi connectivity index (χ3v) is 9.77. The van der Waals surface area contributed by atoms with Crippen molar-refractivity contribution in [3.8, 4) is 0 Å². The molecule has 2 aromatic carbocycles. The van der Waals surface area contributed by atoms with Crippen molar-refractivity contribution in [2.75, 3.05) is 0 Å². The van der Waals surface area contributed by atoms with Crippen molar-refractivity contribution in [3.05, 3.63) is 81.7 Å². The molecule has 4 aliphatic rings. The summed E-state index contributed by atoms with van der Waals surface area (Å²) in [7, 11) is 0. The van der Waals surface area contributed by atoms with Crippen molar-refractivity contribution in [1.82, 2.24) is 5.32 Å². The average Bonchev–Trinajstić information content (AvgIpc) is 3.75. The van der Waals surface area contributed by atoms with Crippen LogP contribution in [-0.2, 0) is 20.4 Å². The highest BCUT2D eigenvalue weighted by Crippen LogP contribution is 2.60. The number of aliphatic hydroxyl groups excluding tert-OH is 1. The predicted molar refractivity (Wildman–Crippen MR) is 149 cm³/mol. The number of aliphatic hydroxyl groups is 1. The van der Waals surface area contributed by atoms with Crippen LogP contribution in [0.15, 0.2) is 60.0 Å². The van der Waals surface area contributed by atoms with E-state index in [-0.39, 0.29) is 22.6 Å². The molecule has 4 N–H and O–H groups in total. The second-order valence-corrected chi connectivity index (χ2v) is 12.0. The first-order chi connectivity index (χ1) is 18.5. The molecule has 0 spiro atoms. The van der Waals surface area contributed by atoms with Crippen molar-refractivity contribution >= 4 is 29.4 Å². The number of alkyl carbamates (subject to hydrolysis) is 1. The van der Waals surface area contributed by atoms with Gasteiger partial charge in [0.1, 0.15) is 17.6 Å². The summed E-state index contributed by atoms with van der Waals surface area (Å²) in [5.74, 6) is -0.693. The molecule has 4 saturated carbocycles. The SMILES string of the molecule is CC(=N)/C(NC(=O)OC(C)c1ccccc1Cl)=C(\O)C12CCC(c3ccc(C4(C(=O)O)CC4)cc3)(CC1)CC2. The van der Waals surface area contributed by atoms with Crippen LogP contribution in [0.3, 0.4) is 0 Å². The zero-order valence-corrected chi connectivity index (χ0v) is 23.1. The van der Waals surface area contributed by atoms with E-state index in [0.717, 1.165) is 44.1 Å². The van der Waals surface area contributed by atoms with E-state index < -0.39 is 29.0 Å². The molecule has 2 aromatic rings. The number of hydrogen-bond donors (Lipinski definition) is 4. The van der Waals surface area contributed by atoms with Gasteiger partial charge in [0, 0.05) is 16.0 Å². The van der Waals surface area contributed by atoms with Crippen LogP contribution in [0, 0.1) is 10.8 Å². The van der Waals surface area contributed by atoms with Gasteiger partial charge >= 0.3 is 12.1 Å². The third-order valence-electron chi connectivity index (χ3n) is 9.42. The van der Waals surface area contributed by atoms with Gasteiger partial charge < -0.3 is 20.4 Å². The summed E-state index contributed by atoms with van der Waals surface area (Å²) in [5.41, 5.74) is 1.74. The molecular formula is C31H35ClN2O5. The lowest BCUT2D eigenvalue weighted by Gasteiger charge is -2.53. The van der Waals surface area contributed by atoms with Gasteiger partial charge in [0.05, 0.1) is 11.1 Å². The Bertz CT molecular complexity index is 1320. The highest BCUT2D eigenvalue weighted by Gasteiger charge is 2.54. The van der Waals surface area contributed by atoms with E-state index in [1.165, 1.54) is 5.56 Å². The summed E-state index contributed by atoms with van der Waals surface area (Å²) in [6.07, 6.45) is 4.87. The molecular weight excluding hydrogens is 516 g/mol. The van der Waals surface area contributed by atoms with Gasteiger partial charge in [-0.2, -0.15) is 0 Å². The van der Waals surface area contributed by atoms with E-state index in [1.807, 2.05) is 18.2 Å². The van der Waals surface area contributed by atoms with Gasteiger partial charge in [0.15, 0.2) is 0 Å². The van der Waals surface area contributed by atoms with Crippen molar-refractivity contribution in [2.45, 2.75) is 82.1 Å². The maximum Gasteiger partial charge on any atom is 0.412 e. The van der Waals surface area contributed by atoms with E-state index in [1.54, 1.807) is 32.0 Å². The molecule has 1 amide bonds. The molecule has 0 saturated heterocycles. The Morgan fingerprint density at radius 3 is 2.00 bits per heavy atom. The standard InChI is InChI=1S/C31H35ClN2O5/c1-19(33)25(34-28(38)39-20(2)23-5-3-4-6-24(23)32)26(35)30-14-11-29(12-15-30,13-16-30)21-7-9-22(10-8-21)31(17-18-31)27(36)37/h3-10,20,33,35H,11-18H2,1-2H3,(H,34,38)(H,36,37)/b26-25+,33-19?. The third kappa shape index (κ3) is 4.82. The number of aliphatic carboxylic acids is 1. The molecule has 1 unspecified atom stereocenters. The molecule has 1 atom stereocenters. The highest BCUT2D eigenvalue weighted by molar-refractivity contribution is 6.31. The van der Waals surface area contributed by atoms with Gasteiger partial charge in [-0.25, -0.2) is 4.79 Å². The second-order valence-electron chi connectivity index (χ2n) is 11.6. The van der Waals surface area contributed by atoms with Crippen LogP contribution >= 0.6 is 11.6 Å². The maximum atomic E-state index is 12.8. The molecule has 0 aliphatic heterocycles. The average molecular weight is 551 g/mol. The fourth-order valence-corrected chi connectivity index (χ4v) is 6.91. The monoisotopic (exact) mass is 550 g/mol. The summed E-state index contributed by atoms with van der Waals surface area (Å²) in [4.78, 5) is 24.5. The predicted octanol–water partition coefficient (Wildman–Crippen LogP) is 7.34. The zero-order valence-electron chi connectivity index (χ0n) is 22.4. The van der Waals surface area contributed by atoms with Crippen LogP contribution < -0.4 is 5.32 Å². The zero-order chi connectivity index (χ0) is 28.0. The van der Waals surface area contributed by atoms with Gasteiger partial charge in [0.2, 0.25) is 0 Å². The number of carboxylic acid groups (broad SMARTS) is 1. The minimum absolute atomic E-state index is 0.00285. The molecule has 4 fully saturated rings. The Morgan fingerprint density at radius 2 is 1.49 bits per heavy atom. The normalized spacial score (nSPS) is 26.2. The van der Waals surface area contributed by atoms with Crippen LogP contribution in [-0.4, -0.2) is 28.0 Å². The fraction of sp³-hybridized carbons (Fsp3) is 0.452. The Morgan fingerprint density at radius 1 is 0.923 bits per heavy atom. The smallest absolute Gasteiger partial charge is 0.412 e. The summed E-state index contributed by atoms with van der Waals surface area (Å²) < 4.78 is 5.53. The number of nitrogens with one attached hydrogen (secondary N) is 2. The van der Waals surface area contributed by atoms with Crippen LogP contribution in [0.4, 0.5) is 4.79 Å². The Kier molecular flexibility index (Phi) is 7.00. The molecule has 206 valence electrons. The molecule has 4 aliphatic carbocycles. The number of fused-ring (bicyclic) bond motifs is 3. The number of rotatable bonds is 8. The lowest BCUT2D eigenvalue weighted by molar-refractivity contribution is -0.140. The van der Waals surface area contributed by atoms with E-state index in [4.69, 9.17) is 21.7 Å². The van der Waals surface area contributed by atoms with E-state index in [2.05, 4.69) is 17.4 Å². The first kappa shape index (κ1) is 27.3. The largest absolute Gasteiger partial charge is 0.509 e. The van der Waals surface area contributed by atoms with Crippen molar-refractivity contribution in [1.29, 1.82) is 5.41 Å². The van der Waals surface area contributed by atoms with Crippen LogP contribution in [0.2, 0.25) is 5.02 Å². The van der Waals surface area contributed by atoms with Gasteiger partial charge in [-0.3, -0.25) is 10.1 Å². The molecule has 6 rings (SSSR count). The minimum atomic E-state index is -0.747. The summed E-state index contributed by atoms with van der Waals surface area (Å²) in [5, 5.41) is 32.5. The lowest BCUT2D eigenvalue weighted by atomic mass is 9.51. The molecule has 0 aromatic heterocycles. The summed E-state index contributed by atoms with van der Waals surface area (Å²) >= 11 is 6.23. The molecule has 0 heterocycles. The number of benzene rings is 2. The van der Waals surface area contributed by atoms with Crippen LogP contribution in [0.5, 0.6) is 0 Å². The van der Waals surface area contributed by atoms with Gasteiger partial charge in [-0.05, 0) is 87.8 Å². The molecule has 39 heavy (non-hydrogen) atoms. The highest BCUT2D eigenvalue weighted by atomic mass is 35.5. The van der Waals surface area contributed by atoms with Crippen molar-refractivity contribution in [3.63, 3.8) is 0 Å². The summed E-state index contributed by atoms with van der Waals surface area (Å²) in [6, 6.07) is 15.3. The number of amides is 1. The Hall–Kier alpha value is -3.32. The van der Waals surface area contributed by atoms with E-state index in [0.29, 0.717) is 23.4 Å². The van der Waals surface area contributed by atoms with Crippen LogP contribution in [0.25, 0.3) is 0 Å². The number of allylic oxidation sites excluding steroid dienone is 2. The maximum absolute atomic E-state index is 12.8. The first-order valence-electron chi connectivity index (χ1n) is 13.6. The number of carbonyl (C=O) groups is 2. The molecule has 7 nitrogen and oxygen atoms in total. The van der Waals surface area contributed by atoms with Crippen molar-refractivity contribution in [2.24, 2.45) is 5.41 Å². The topological polar surface area (TPSA) is 120 Å². The summed E-state index contributed by atoms with van der Waals surface area (Å²) in [6.45, 7) is 3.27.